The highest BCUT2D eigenvalue weighted by Crippen LogP contribution is 2.39. The maximum Gasteiger partial charge on any atom is 0.246 e. The number of carbonyl (C=O) groups is 3. The Hall–Kier alpha value is -3.05. The van der Waals surface area contributed by atoms with Gasteiger partial charge in [0.1, 0.15) is 11.9 Å². The molecule has 0 spiro atoms. The highest BCUT2D eigenvalue weighted by molar-refractivity contribution is 7.88. The molecule has 4 rings (SSSR count). The molecule has 2 aliphatic heterocycles. The average Bonchev–Trinajstić information content (AvgIpc) is 3.46. The van der Waals surface area contributed by atoms with Gasteiger partial charge in [-0.1, -0.05) is 52.8 Å². The first kappa shape index (κ1) is 28.9. The van der Waals surface area contributed by atoms with E-state index in [1.165, 1.54) is 4.31 Å². The third-order valence-electron chi connectivity index (χ3n) is 7.93. The third-order valence-corrected chi connectivity index (χ3v) is 9.21. The van der Waals surface area contributed by atoms with Crippen LogP contribution in [0.25, 0.3) is 10.9 Å². The van der Waals surface area contributed by atoms with Gasteiger partial charge in [0.05, 0.1) is 23.7 Å². The highest BCUT2D eigenvalue weighted by atomic mass is 32.2. The molecule has 3 amide bonds. The summed E-state index contributed by atoms with van der Waals surface area (Å²) in [5.41, 5.74) is 0.125. The Labute approximate surface area is 230 Å². The second kappa shape index (κ2) is 10.8. The van der Waals surface area contributed by atoms with Gasteiger partial charge >= 0.3 is 0 Å². The fourth-order valence-corrected chi connectivity index (χ4v) is 6.70. The average molecular weight is 558 g/mol. The number of likely N-dealkylation sites (tertiary alicyclic amines) is 1. The third kappa shape index (κ3) is 5.94. The highest BCUT2D eigenvalue weighted by Gasteiger charge is 2.56. The molecule has 212 valence electrons. The van der Waals surface area contributed by atoms with E-state index >= 15 is 0 Å². The Morgan fingerprint density at radius 1 is 1.13 bits per heavy atom. The molecule has 2 saturated heterocycles. The Morgan fingerprint density at radius 3 is 2.46 bits per heavy atom. The summed E-state index contributed by atoms with van der Waals surface area (Å²) in [7, 11) is -3.63. The minimum Gasteiger partial charge on any atom is -0.344 e. The van der Waals surface area contributed by atoms with E-state index in [-0.39, 0.29) is 24.3 Å². The Morgan fingerprint density at radius 2 is 1.82 bits per heavy atom. The molecule has 11 heteroatoms. The van der Waals surface area contributed by atoms with Gasteiger partial charge in [0.25, 0.3) is 0 Å². The summed E-state index contributed by atoms with van der Waals surface area (Å²) in [6, 6.07) is 9.11. The summed E-state index contributed by atoms with van der Waals surface area (Å²) in [6.45, 7) is 9.64. The molecule has 3 heterocycles. The van der Waals surface area contributed by atoms with Crippen LogP contribution in [0.2, 0.25) is 0 Å². The summed E-state index contributed by atoms with van der Waals surface area (Å²) >= 11 is 0. The molecule has 0 saturated carbocycles. The van der Waals surface area contributed by atoms with Crippen LogP contribution in [0, 0.1) is 17.3 Å². The maximum absolute atomic E-state index is 14.0. The topological polar surface area (TPSA) is 129 Å². The molecule has 2 N–H and O–H groups in total. The number of nitrogens with zero attached hydrogens (tertiary/aromatic N) is 3. The number of pyridine rings is 1. The van der Waals surface area contributed by atoms with E-state index in [1.807, 2.05) is 65.0 Å². The number of para-hydroxylation sites is 1. The minimum atomic E-state index is -3.63. The van der Waals surface area contributed by atoms with Crippen LogP contribution < -0.4 is 10.6 Å². The van der Waals surface area contributed by atoms with Crippen molar-refractivity contribution in [3.63, 3.8) is 0 Å². The second-order valence-corrected chi connectivity index (χ2v) is 13.7. The quantitative estimate of drug-likeness (QED) is 0.539. The lowest BCUT2D eigenvalue weighted by molar-refractivity contribution is -0.142. The van der Waals surface area contributed by atoms with Gasteiger partial charge < -0.3 is 15.5 Å². The van der Waals surface area contributed by atoms with Crippen molar-refractivity contribution in [1.82, 2.24) is 19.5 Å². The number of rotatable bonds is 7. The zero-order valence-corrected chi connectivity index (χ0v) is 24.3. The second-order valence-electron chi connectivity index (χ2n) is 11.8. The van der Waals surface area contributed by atoms with Gasteiger partial charge in [0.15, 0.2) is 0 Å². The van der Waals surface area contributed by atoms with Gasteiger partial charge in [-0.15, -0.1) is 0 Å². The first-order valence-corrected chi connectivity index (χ1v) is 15.3. The van der Waals surface area contributed by atoms with Crippen LogP contribution in [-0.2, 0) is 24.4 Å². The van der Waals surface area contributed by atoms with Gasteiger partial charge in [-0.25, -0.2) is 13.4 Å². The summed E-state index contributed by atoms with van der Waals surface area (Å²) in [4.78, 5) is 46.6. The molecule has 2 aromatic rings. The van der Waals surface area contributed by atoms with Gasteiger partial charge in [0.2, 0.25) is 27.7 Å². The summed E-state index contributed by atoms with van der Waals surface area (Å²) in [5.74, 6) is -1.60. The molecule has 2 fully saturated rings. The van der Waals surface area contributed by atoms with Crippen molar-refractivity contribution in [1.29, 1.82) is 0 Å². The zero-order valence-electron chi connectivity index (χ0n) is 23.5. The fourth-order valence-electron chi connectivity index (χ4n) is 5.55. The Bertz CT molecular complexity index is 1370. The van der Waals surface area contributed by atoms with E-state index in [9.17, 15) is 22.8 Å². The van der Waals surface area contributed by atoms with Crippen LogP contribution >= 0.6 is 0 Å². The largest absolute Gasteiger partial charge is 0.344 e. The number of fused-ring (bicyclic) bond motifs is 2. The van der Waals surface area contributed by atoms with E-state index in [2.05, 4.69) is 15.6 Å². The van der Waals surface area contributed by atoms with E-state index in [4.69, 9.17) is 0 Å². The molecule has 0 aliphatic carbocycles. The van der Waals surface area contributed by atoms with Crippen LogP contribution in [0.15, 0.2) is 36.4 Å². The number of amides is 3. The van der Waals surface area contributed by atoms with Crippen molar-refractivity contribution in [2.75, 3.05) is 24.7 Å². The number of anilines is 1. The smallest absolute Gasteiger partial charge is 0.246 e. The molecule has 1 aromatic carbocycles. The lowest BCUT2D eigenvalue weighted by atomic mass is 9.84. The standard InChI is InChI=1S/C28H39N5O5S/c1-7-17(2)25(34)31-24(28(3,4)5)27(36)32-15-14-21-23(32)19(16-33(21)39(6,37)38)26(35)30-22-13-12-18-10-8-9-11-20(18)29-22/h8-13,17,19,21,23-24H,7,14-16H2,1-6H3,(H,31,34)(H,29,30,35)/t17-,19+,21-,23-,24-/m1/s1. The minimum absolute atomic E-state index is 0.0310. The molecule has 39 heavy (non-hydrogen) atoms. The summed E-state index contributed by atoms with van der Waals surface area (Å²) in [5, 5.41) is 6.72. The van der Waals surface area contributed by atoms with Crippen molar-refractivity contribution in [3.8, 4) is 0 Å². The van der Waals surface area contributed by atoms with Gasteiger partial charge in [-0.3, -0.25) is 14.4 Å². The summed E-state index contributed by atoms with van der Waals surface area (Å²) < 4.78 is 26.7. The van der Waals surface area contributed by atoms with Crippen molar-refractivity contribution < 1.29 is 22.8 Å². The first-order valence-electron chi connectivity index (χ1n) is 13.5. The SMILES string of the molecule is CC[C@@H](C)C(=O)N[C@H](C(=O)N1CC[C@@H]2[C@H]1[C@@H](C(=O)Nc1ccc3ccccc3n1)CN2S(C)(=O)=O)C(C)(C)C. The molecule has 1 aromatic heterocycles. The van der Waals surface area contributed by atoms with Crippen LogP contribution in [-0.4, -0.2) is 77.8 Å². The lowest BCUT2D eigenvalue weighted by Gasteiger charge is -2.37. The van der Waals surface area contributed by atoms with Gasteiger partial charge in [-0.05, 0) is 36.5 Å². The maximum atomic E-state index is 14.0. The van der Waals surface area contributed by atoms with Gasteiger partial charge in [0, 0.05) is 30.4 Å². The number of nitrogens with one attached hydrogen (secondary N) is 2. The molecule has 0 unspecified atom stereocenters. The fraction of sp³-hybridized carbons (Fsp3) is 0.571. The lowest BCUT2D eigenvalue weighted by Crippen LogP contribution is -2.58. The molecule has 10 nitrogen and oxygen atoms in total. The molecular formula is C28H39N5O5S. The molecular weight excluding hydrogens is 518 g/mol. The van der Waals surface area contributed by atoms with Crippen LogP contribution in [0.1, 0.15) is 47.5 Å². The van der Waals surface area contributed by atoms with E-state index < -0.39 is 45.4 Å². The van der Waals surface area contributed by atoms with E-state index in [1.54, 1.807) is 11.0 Å². The van der Waals surface area contributed by atoms with Crippen LogP contribution in [0.4, 0.5) is 5.82 Å². The monoisotopic (exact) mass is 557 g/mol. The Kier molecular flexibility index (Phi) is 8.05. The van der Waals surface area contributed by atoms with Crippen molar-refractivity contribution in [3.05, 3.63) is 36.4 Å². The number of hydrogen-bond acceptors (Lipinski definition) is 6. The first-order chi connectivity index (χ1) is 18.2. The predicted molar refractivity (Wildman–Crippen MR) is 150 cm³/mol. The molecule has 5 atom stereocenters. The van der Waals surface area contributed by atoms with Crippen molar-refractivity contribution in [2.24, 2.45) is 17.3 Å². The molecule has 2 aliphatic rings. The zero-order chi connectivity index (χ0) is 28.7. The van der Waals surface area contributed by atoms with Gasteiger partial charge in [-0.2, -0.15) is 4.31 Å². The molecule has 0 bridgehead atoms. The number of aromatic nitrogens is 1. The normalized spacial score (nSPS) is 23.3. The summed E-state index contributed by atoms with van der Waals surface area (Å²) in [6.07, 6.45) is 2.18. The number of hydrogen-bond donors (Lipinski definition) is 2. The number of sulfonamides is 1. The van der Waals surface area contributed by atoms with Crippen molar-refractivity contribution in [2.45, 2.75) is 65.6 Å². The molecule has 0 radical (unpaired) electrons. The van der Waals surface area contributed by atoms with E-state index in [0.29, 0.717) is 25.2 Å². The van der Waals surface area contributed by atoms with Crippen LogP contribution in [0.3, 0.4) is 0 Å². The van der Waals surface area contributed by atoms with E-state index in [0.717, 1.165) is 17.2 Å². The number of benzene rings is 1. The number of carbonyl (C=O) groups excluding carboxylic acids is 3. The predicted octanol–water partition coefficient (Wildman–Crippen LogP) is 2.61. The van der Waals surface area contributed by atoms with Crippen molar-refractivity contribution >= 4 is 44.5 Å². The Balaban J connectivity index is 1.63. The van der Waals surface area contributed by atoms with Crippen LogP contribution in [0.5, 0.6) is 0 Å².